The van der Waals surface area contributed by atoms with Crippen LogP contribution in [0.15, 0.2) is 34.5 Å². The highest BCUT2D eigenvalue weighted by Gasteiger charge is 2.47. The van der Waals surface area contributed by atoms with Gasteiger partial charge in [0.25, 0.3) is 0 Å². The van der Waals surface area contributed by atoms with Crippen LogP contribution in [0.3, 0.4) is 0 Å². The van der Waals surface area contributed by atoms with Gasteiger partial charge in [0.2, 0.25) is 11.6 Å². The van der Waals surface area contributed by atoms with Gasteiger partial charge in [-0.3, -0.25) is 9.59 Å². The van der Waals surface area contributed by atoms with Crippen LogP contribution in [-0.2, 0) is 14.3 Å². The molecule has 4 nitrogen and oxygen atoms in total. The summed E-state index contributed by atoms with van der Waals surface area (Å²) in [7, 11) is 0. The van der Waals surface area contributed by atoms with Crippen LogP contribution >= 0.6 is 11.8 Å². The minimum Gasteiger partial charge on any atom is -0.488 e. The van der Waals surface area contributed by atoms with Crippen LogP contribution in [0.25, 0.3) is 0 Å². The minimum atomic E-state index is -0.405. The van der Waals surface area contributed by atoms with Crippen LogP contribution in [0.2, 0.25) is 0 Å². The van der Waals surface area contributed by atoms with Crippen molar-refractivity contribution < 1.29 is 14.3 Å². The fraction of sp³-hybridized carbons (Fsp3) is 0.529. The van der Waals surface area contributed by atoms with E-state index in [1.54, 1.807) is 13.0 Å². The Kier molecular flexibility index (Phi) is 4.28. The number of carbonyl (C=O) groups excluding carboxylic acids is 2. The van der Waals surface area contributed by atoms with E-state index < -0.39 is 5.78 Å². The van der Waals surface area contributed by atoms with Gasteiger partial charge in [0.05, 0.1) is 10.8 Å². The molecule has 1 spiro atoms. The Balaban J connectivity index is 2.03. The molecule has 0 aromatic heterocycles. The first-order valence-corrected chi connectivity index (χ1v) is 8.75. The van der Waals surface area contributed by atoms with Crippen LogP contribution in [0.5, 0.6) is 0 Å². The number of nitrogens with one attached hydrogen (secondary N) is 1. The molecule has 0 radical (unpaired) electrons. The van der Waals surface area contributed by atoms with E-state index in [-0.39, 0.29) is 17.3 Å². The first-order valence-electron chi connectivity index (χ1n) is 7.76. The number of hydrogen-bond acceptors (Lipinski definition) is 5. The summed E-state index contributed by atoms with van der Waals surface area (Å²) in [5, 5.41) is 3.35. The summed E-state index contributed by atoms with van der Waals surface area (Å²) in [6.07, 6.45) is 7.49. The van der Waals surface area contributed by atoms with Gasteiger partial charge >= 0.3 is 0 Å². The molecule has 0 aromatic carbocycles. The fourth-order valence-electron chi connectivity index (χ4n) is 3.31. The van der Waals surface area contributed by atoms with Crippen molar-refractivity contribution in [3.05, 3.63) is 34.5 Å². The third kappa shape index (κ3) is 2.46. The molecule has 1 saturated heterocycles. The van der Waals surface area contributed by atoms with Crippen molar-refractivity contribution in [2.45, 2.75) is 32.3 Å². The number of hydrogen-bond donors (Lipinski definition) is 1. The predicted octanol–water partition coefficient (Wildman–Crippen LogP) is 2.37. The number of carbonyl (C=O) groups is 2. The summed E-state index contributed by atoms with van der Waals surface area (Å²) in [5.74, 6) is 0.420. The van der Waals surface area contributed by atoms with E-state index in [1.165, 1.54) is 11.8 Å². The fourth-order valence-corrected chi connectivity index (χ4v) is 4.60. The lowest BCUT2D eigenvalue weighted by Crippen LogP contribution is -2.49. The van der Waals surface area contributed by atoms with Crippen LogP contribution in [0, 0.1) is 5.92 Å². The number of rotatable bonds is 1. The maximum atomic E-state index is 12.4. The highest BCUT2D eigenvalue weighted by atomic mass is 32.2. The summed E-state index contributed by atoms with van der Waals surface area (Å²) in [4.78, 5) is 25.2. The molecule has 0 amide bonds. The van der Waals surface area contributed by atoms with Crippen molar-refractivity contribution in [2.75, 3.05) is 18.8 Å². The van der Waals surface area contributed by atoms with Crippen molar-refractivity contribution in [1.82, 2.24) is 5.32 Å². The monoisotopic (exact) mass is 319 g/mol. The lowest BCUT2D eigenvalue weighted by Gasteiger charge is -2.44. The molecule has 3 rings (SSSR count). The van der Waals surface area contributed by atoms with E-state index in [0.717, 1.165) is 31.7 Å². The van der Waals surface area contributed by atoms with Crippen LogP contribution in [-0.4, -0.2) is 36.0 Å². The molecule has 2 heterocycles. The summed E-state index contributed by atoms with van der Waals surface area (Å²) in [5.41, 5.74) is 0.335. The summed E-state index contributed by atoms with van der Waals surface area (Å²) in [6, 6.07) is 0. The molecule has 1 fully saturated rings. The Morgan fingerprint density at radius 1 is 1.23 bits per heavy atom. The van der Waals surface area contributed by atoms with Crippen LogP contribution < -0.4 is 5.32 Å². The van der Waals surface area contributed by atoms with E-state index in [0.29, 0.717) is 16.2 Å². The summed E-state index contributed by atoms with van der Waals surface area (Å²) < 4.78 is 6.39. The van der Waals surface area contributed by atoms with E-state index in [2.05, 4.69) is 5.32 Å². The zero-order valence-corrected chi connectivity index (χ0v) is 13.8. The normalized spacial score (nSPS) is 30.1. The molecule has 1 atom stereocenters. The van der Waals surface area contributed by atoms with Gasteiger partial charge in [-0.2, -0.15) is 0 Å². The molecule has 0 saturated carbocycles. The van der Waals surface area contributed by atoms with Crippen molar-refractivity contribution in [3.8, 4) is 0 Å². The van der Waals surface area contributed by atoms with Crippen molar-refractivity contribution in [2.24, 2.45) is 5.92 Å². The van der Waals surface area contributed by atoms with Gasteiger partial charge in [-0.1, -0.05) is 18.2 Å². The van der Waals surface area contributed by atoms with E-state index in [1.807, 2.05) is 19.1 Å². The second-order valence-electron chi connectivity index (χ2n) is 5.92. The number of ether oxygens (including phenoxy) is 1. The maximum absolute atomic E-state index is 12.4. The maximum Gasteiger partial charge on any atom is 0.242 e. The molecule has 1 aliphatic carbocycles. The molecule has 1 N–H and O–H groups in total. The second kappa shape index (κ2) is 6.05. The quantitative estimate of drug-likeness (QED) is 0.457. The van der Waals surface area contributed by atoms with Gasteiger partial charge in [-0.05, 0) is 26.9 Å². The molecule has 0 aromatic rings. The molecule has 3 aliphatic rings. The van der Waals surface area contributed by atoms with Crippen molar-refractivity contribution in [3.63, 3.8) is 0 Å². The number of allylic oxidation sites excluding steroid dienone is 4. The van der Waals surface area contributed by atoms with E-state index in [4.69, 9.17) is 4.74 Å². The average Bonchev–Trinajstić information content (AvgIpc) is 2.53. The third-order valence-electron chi connectivity index (χ3n) is 4.53. The molecule has 22 heavy (non-hydrogen) atoms. The second-order valence-corrected chi connectivity index (χ2v) is 6.91. The molecular weight excluding hydrogens is 298 g/mol. The van der Waals surface area contributed by atoms with Crippen molar-refractivity contribution >= 4 is 23.3 Å². The zero-order valence-electron chi connectivity index (χ0n) is 13.0. The van der Waals surface area contributed by atoms with Gasteiger partial charge in [-0.15, -0.1) is 11.8 Å². The Hall–Kier alpha value is -1.33. The molecular formula is C17H21NO3S. The Morgan fingerprint density at radius 3 is 2.59 bits per heavy atom. The first kappa shape index (κ1) is 15.6. The number of thioether (sulfide) groups is 1. The standard InChI is InChI=1S/C17H21NO3S/c1-3-5-12-11(4-2)13(19)14(20)16-15(12)21-17(10-22-16)6-8-18-9-7-17/h3-5,12,18H,6-10H2,1-2H3/b5-3?,11-4+. The van der Waals surface area contributed by atoms with Crippen LogP contribution in [0.4, 0.5) is 0 Å². The van der Waals surface area contributed by atoms with Crippen LogP contribution in [0.1, 0.15) is 26.7 Å². The van der Waals surface area contributed by atoms with E-state index >= 15 is 0 Å². The topological polar surface area (TPSA) is 55.4 Å². The smallest absolute Gasteiger partial charge is 0.242 e. The number of piperidine rings is 1. The van der Waals surface area contributed by atoms with Gasteiger partial charge in [0, 0.05) is 24.2 Å². The Labute approximate surface area is 135 Å². The van der Waals surface area contributed by atoms with Crippen molar-refractivity contribution in [1.29, 1.82) is 0 Å². The minimum absolute atomic E-state index is 0.200. The lowest BCUT2D eigenvalue weighted by molar-refractivity contribution is -0.133. The predicted molar refractivity (Wildman–Crippen MR) is 87.5 cm³/mol. The third-order valence-corrected chi connectivity index (χ3v) is 5.88. The average molecular weight is 319 g/mol. The van der Waals surface area contributed by atoms with Gasteiger partial charge in [-0.25, -0.2) is 0 Å². The van der Waals surface area contributed by atoms with Gasteiger partial charge in [0.15, 0.2) is 0 Å². The molecule has 1 unspecified atom stereocenters. The number of Topliss-reactive ketones (excluding diaryl/α,β-unsaturated/α-hetero) is 2. The summed E-state index contributed by atoms with van der Waals surface area (Å²) >= 11 is 1.50. The van der Waals surface area contributed by atoms with Gasteiger partial charge < -0.3 is 10.1 Å². The lowest BCUT2D eigenvalue weighted by atomic mass is 9.84. The molecule has 118 valence electrons. The molecule has 0 bridgehead atoms. The highest BCUT2D eigenvalue weighted by molar-refractivity contribution is 8.04. The zero-order chi connectivity index (χ0) is 15.7. The first-order chi connectivity index (χ1) is 10.6. The Morgan fingerprint density at radius 2 is 1.95 bits per heavy atom. The Bertz CT molecular complexity index is 597. The molecule has 2 aliphatic heterocycles. The summed E-state index contributed by atoms with van der Waals surface area (Å²) in [6.45, 7) is 5.59. The molecule has 5 heteroatoms. The van der Waals surface area contributed by atoms with Gasteiger partial charge in [0.1, 0.15) is 11.4 Å². The highest BCUT2D eigenvalue weighted by Crippen LogP contribution is 2.46. The SMILES string of the molecule is CC=CC1C2=C(SCC3(CCNCC3)O2)C(=O)C(=O)/C1=C/C. The number of ketones is 2. The largest absolute Gasteiger partial charge is 0.488 e. The van der Waals surface area contributed by atoms with E-state index in [9.17, 15) is 9.59 Å².